The van der Waals surface area contributed by atoms with Crippen molar-refractivity contribution in [3.05, 3.63) is 65.7 Å². The van der Waals surface area contributed by atoms with E-state index in [9.17, 15) is 9.59 Å². The smallest absolute Gasteiger partial charge is 0.329 e. The topological polar surface area (TPSA) is 79.8 Å². The fourth-order valence-electron chi connectivity index (χ4n) is 2.03. The lowest BCUT2D eigenvalue weighted by atomic mass is 10.1. The van der Waals surface area contributed by atoms with Crippen LogP contribution in [0.25, 0.3) is 0 Å². The van der Waals surface area contributed by atoms with Crippen molar-refractivity contribution < 1.29 is 14.3 Å². The van der Waals surface area contributed by atoms with Gasteiger partial charge in [-0.2, -0.15) is 5.10 Å². The number of carbonyl (C=O) groups excluding carboxylic acids is 2. The van der Waals surface area contributed by atoms with Crippen molar-refractivity contribution in [3.8, 4) is 5.75 Å². The fraction of sp³-hybridized carbons (Fsp3) is 0.167. The van der Waals surface area contributed by atoms with Gasteiger partial charge in [0.05, 0.1) is 19.4 Å². The lowest BCUT2D eigenvalue weighted by molar-refractivity contribution is -0.139. The SMILES string of the molecule is COc1cccc(/C=N\NC(=O)C(=O)N[C@H](C)c2ccccc2)c1. The molecule has 24 heavy (non-hydrogen) atoms. The highest BCUT2D eigenvalue weighted by atomic mass is 16.5. The van der Waals surface area contributed by atoms with E-state index in [0.717, 1.165) is 11.1 Å². The molecule has 0 radical (unpaired) electrons. The van der Waals surface area contributed by atoms with Gasteiger partial charge in [-0.25, -0.2) is 5.43 Å². The Morgan fingerprint density at radius 2 is 1.83 bits per heavy atom. The maximum Gasteiger partial charge on any atom is 0.329 e. The van der Waals surface area contributed by atoms with Crippen LogP contribution in [0.2, 0.25) is 0 Å². The van der Waals surface area contributed by atoms with Crippen LogP contribution in [0.1, 0.15) is 24.1 Å². The highest BCUT2D eigenvalue weighted by Gasteiger charge is 2.16. The summed E-state index contributed by atoms with van der Waals surface area (Å²) in [5, 5.41) is 6.40. The van der Waals surface area contributed by atoms with Gasteiger partial charge in [-0.1, -0.05) is 42.5 Å². The summed E-state index contributed by atoms with van der Waals surface area (Å²) in [6, 6.07) is 16.3. The number of rotatable bonds is 5. The van der Waals surface area contributed by atoms with E-state index in [-0.39, 0.29) is 6.04 Å². The van der Waals surface area contributed by atoms with Crippen molar-refractivity contribution in [2.45, 2.75) is 13.0 Å². The molecule has 0 heterocycles. The first-order chi connectivity index (χ1) is 11.6. The summed E-state index contributed by atoms with van der Waals surface area (Å²) in [4.78, 5) is 23.6. The van der Waals surface area contributed by atoms with E-state index in [1.807, 2.05) is 30.3 Å². The Morgan fingerprint density at radius 3 is 2.54 bits per heavy atom. The van der Waals surface area contributed by atoms with Crippen LogP contribution >= 0.6 is 0 Å². The zero-order valence-corrected chi connectivity index (χ0v) is 13.5. The van der Waals surface area contributed by atoms with Gasteiger partial charge in [0.15, 0.2) is 0 Å². The Labute approximate surface area is 140 Å². The molecule has 0 spiro atoms. The van der Waals surface area contributed by atoms with Crippen molar-refractivity contribution in [1.82, 2.24) is 10.7 Å². The first-order valence-electron chi connectivity index (χ1n) is 7.43. The summed E-state index contributed by atoms with van der Waals surface area (Å²) < 4.78 is 5.09. The third kappa shape index (κ3) is 4.95. The van der Waals surface area contributed by atoms with Gasteiger partial charge in [-0.05, 0) is 30.2 Å². The van der Waals surface area contributed by atoms with E-state index < -0.39 is 11.8 Å². The molecule has 124 valence electrons. The second-order valence-electron chi connectivity index (χ2n) is 5.08. The number of benzene rings is 2. The normalized spacial score (nSPS) is 11.8. The molecule has 0 aliphatic carbocycles. The summed E-state index contributed by atoms with van der Waals surface area (Å²) in [5.74, 6) is -0.884. The lowest BCUT2D eigenvalue weighted by Crippen LogP contribution is -2.39. The fourth-order valence-corrected chi connectivity index (χ4v) is 2.03. The minimum atomic E-state index is -0.822. The molecule has 2 aromatic carbocycles. The third-order valence-corrected chi connectivity index (χ3v) is 3.33. The highest BCUT2D eigenvalue weighted by molar-refractivity contribution is 6.35. The number of methoxy groups -OCH3 is 1. The van der Waals surface area contributed by atoms with Gasteiger partial charge in [0.25, 0.3) is 0 Å². The van der Waals surface area contributed by atoms with Crippen molar-refractivity contribution in [3.63, 3.8) is 0 Å². The van der Waals surface area contributed by atoms with Crippen LogP contribution in [0.3, 0.4) is 0 Å². The van der Waals surface area contributed by atoms with E-state index in [4.69, 9.17) is 4.74 Å². The molecule has 0 saturated carbocycles. The molecule has 0 aliphatic rings. The molecule has 0 fully saturated rings. The second-order valence-corrected chi connectivity index (χ2v) is 5.08. The average molecular weight is 325 g/mol. The van der Waals surface area contributed by atoms with Gasteiger partial charge < -0.3 is 10.1 Å². The Kier molecular flexibility index (Phi) is 6.08. The van der Waals surface area contributed by atoms with Gasteiger partial charge >= 0.3 is 11.8 Å². The van der Waals surface area contributed by atoms with Gasteiger partial charge in [0.1, 0.15) is 5.75 Å². The maximum absolute atomic E-state index is 11.9. The lowest BCUT2D eigenvalue weighted by Gasteiger charge is -2.13. The Bertz CT molecular complexity index is 729. The summed E-state index contributed by atoms with van der Waals surface area (Å²) >= 11 is 0. The van der Waals surface area contributed by atoms with Crippen molar-refractivity contribution in [1.29, 1.82) is 0 Å². The van der Waals surface area contributed by atoms with Gasteiger partial charge in [-0.15, -0.1) is 0 Å². The quantitative estimate of drug-likeness (QED) is 0.501. The molecule has 1 atom stereocenters. The molecule has 2 N–H and O–H groups in total. The summed E-state index contributed by atoms with van der Waals surface area (Å²) in [6.07, 6.45) is 1.44. The van der Waals surface area contributed by atoms with Crippen LogP contribution in [0.4, 0.5) is 0 Å². The molecule has 6 heteroatoms. The molecule has 0 bridgehead atoms. The minimum Gasteiger partial charge on any atom is -0.497 e. The number of ether oxygens (including phenoxy) is 1. The zero-order valence-electron chi connectivity index (χ0n) is 13.5. The van der Waals surface area contributed by atoms with E-state index >= 15 is 0 Å². The number of hydrazone groups is 1. The van der Waals surface area contributed by atoms with Crippen LogP contribution in [0, 0.1) is 0 Å². The van der Waals surface area contributed by atoms with Crippen LogP contribution in [0.5, 0.6) is 5.75 Å². The molecule has 2 aromatic rings. The standard InChI is InChI=1S/C18H19N3O3/c1-13(15-8-4-3-5-9-15)20-17(22)18(23)21-19-12-14-7-6-10-16(11-14)24-2/h3-13H,1-2H3,(H,20,22)(H,21,23)/b19-12-/t13-/m1/s1. The zero-order chi connectivity index (χ0) is 17.4. The Balaban J connectivity index is 1.87. The summed E-state index contributed by atoms with van der Waals surface area (Å²) in [6.45, 7) is 1.81. The molecule has 0 unspecified atom stereocenters. The second kappa shape index (κ2) is 8.47. The predicted octanol–water partition coefficient (Wildman–Crippen LogP) is 2.02. The molecule has 0 aliphatic heterocycles. The maximum atomic E-state index is 11.9. The van der Waals surface area contributed by atoms with E-state index in [1.54, 1.807) is 38.3 Å². The molecule has 0 aromatic heterocycles. The van der Waals surface area contributed by atoms with Crippen LogP contribution in [0.15, 0.2) is 59.7 Å². The van der Waals surface area contributed by atoms with Crippen LogP contribution in [-0.4, -0.2) is 25.1 Å². The monoisotopic (exact) mass is 325 g/mol. The van der Waals surface area contributed by atoms with Gasteiger partial charge in [-0.3, -0.25) is 9.59 Å². The number of nitrogens with zero attached hydrogens (tertiary/aromatic N) is 1. The number of hydrogen-bond acceptors (Lipinski definition) is 4. The van der Waals surface area contributed by atoms with Gasteiger partial charge in [0.2, 0.25) is 0 Å². The van der Waals surface area contributed by atoms with Crippen LogP contribution in [-0.2, 0) is 9.59 Å². The number of hydrogen-bond donors (Lipinski definition) is 2. The van der Waals surface area contributed by atoms with Crippen molar-refractivity contribution in [2.24, 2.45) is 5.10 Å². The summed E-state index contributed by atoms with van der Waals surface area (Å²) in [5.41, 5.74) is 3.86. The van der Waals surface area contributed by atoms with Crippen molar-refractivity contribution >= 4 is 18.0 Å². The molecule has 2 rings (SSSR count). The molecule has 2 amide bonds. The molecule has 0 saturated heterocycles. The van der Waals surface area contributed by atoms with Crippen LogP contribution < -0.4 is 15.5 Å². The Hall–Kier alpha value is -3.15. The number of nitrogens with one attached hydrogen (secondary N) is 2. The number of amides is 2. The highest BCUT2D eigenvalue weighted by Crippen LogP contribution is 2.11. The molecular formula is C18H19N3O3. The average Bonchev–Trinajstić information content (AvgIpc) is 2.62. The first kappa shape index (κ1) is 17.2. The van der Waals surface area contributed by atoms with E-state index in [0.29, 0.717) is 5.75 Å². The summed E-state index contributed by atoms with van der Waals surface area (Å²) in [7, 11) is 1.57. The molecular weight excluding hydrogens is 306 g/mol. The van der Waals surface area contributed by atoms with Crippen molar-refractivity contribution in [2.75, 3.05) is 7.11 Å². The first-order valence-corrected chi connectivity index (χ1v) is 7.43. The third-order valence-electron chi connectivity index (χ3n) is 3.33. The minimum absolute atomic E-state index is 0.271. The number of carbonyl (C=O) groups is 2. The van der Waals surface area contributed by atoms with E-state index in [2.05, 4.69) is 15.8 Å². The molecule has 6 nitrogen and oxygen atoms in total. The largest absolute Gasteiger partial charge is 0.497 e. The van der Waals surface area contributed by atoms with E-state index in [1.165, 1.54) is 6.21 Å². The predicted molar refractivity (Wildman–Crippen MR) is 91.7 cm³/mol. The van der Waals surface area contributed by atoms with Gasteiger partial charge in [0, 0.05) is 0 Å². The Morgan fingerprint density at radius 1 is 1.08 bits per heavy atom.